The van der Waals surface area contributed by atoms with Crippen molar-refractivity contribution in [3.63, 3.8) is 0 Å². The zero-order valence-corrected chi connectivity index (χ0v) is 11.1. The van der Waals surface area contributed by atoms with Gasteiger partial charge in [0.2, 0.25) is 0 Å². The summed E-state index contributed by atoms with van der Waals surface area (Å²) in [7, 11) is 1.59. The van der Waals surface area contributed by atoms with Crippen LogP contribution in [-0.2, 0) is 0 Å². The fourth-order valence-electron chi connectivity index (χ4n) is 1.71. The van der Waals surface area contributed by atoms with Gasteiger partial charge < -0.3 is 9.15 Å². The molecule has 0 saturated heterocycles. The minimum Gasteiger partial charge on any atom is -0.497 e. The molecule has 1 heterocycles. The summed E-state index contributed by atoms with van der Waals surface area (Å²) in [6, 6.07) is 9.95. The maximum absolute atomic E-state index is 11.2. The Hall–Kier alpha value is -2.36. The van der Waals surface area contributed by atoms with E-state index in [1.807, 2.05) is 26.0 Å². The van der Waals surface area contributed by atoms with E-state index in [0.29, 0.717) is 22.8 Å². The molecule has 0 atom stereocenters. The number of fused-ring (bicyclic) bond motifs is 2. The highest BCUT2D eigenvalue weighted by Crippen LogP contribution is 2.26. The first kappa shape index (κ1) is 13.1. The molecule has 3 rings (SSSR count). The van der Waals surface area contributed by atoms with Crippen LogP contribution < -0.4 is 10.2 Å². The van der Waals surface area contributed by atoms with Crippen molar-refractivity contribution in [3.05, 3.63) is 46.6 Å². The highest BCUT2D eigenvalue weighted by molar-refractivity contribution is 5.77. The van der Waals surface area contributed by atoms with Gasteiger partial charge in [0.1, 0.15) is 17.0 Å². The Morgan fingerprint density at radius 1 is 1.11 bits per heavy atom. The second kappa shape index (κ2) is 5.52. The summed E-state index contributed by atoms with van der Waals surface area (Å²) in [5.41, 5.74) is 1.91. The van der Waals surface area contributed by atoms with Crippen LogP contribution in [0.15, 0.2) is 45.6 Å². The normalized spacial score (nSPS) is 10.1. The number of nitrogens with zero attached hydrogens (tertiary/aromatic N) is 1. The fraction of sp³-hybridized carbons (Fsp3) is 0.200. The van der Waals surface area contributed by atoms with E-state index in [9.17, 15) is 4.79 Å². The minimum atomic E-state index is -0.0923. The standard InChI is InChI=1S/C13H9NO3.C2H6/c1-16-9-3-5-11-13(7-9)17-12-6-8(15)2-4-10(12)14-11;1-2/h2-7H,1H3;1-2H3. The smallest absolute Gasteiger partial charge is 0.182 e. The summed E-state index contributed by atoms with van der Waals surface area (Å²) >= 11 is 0. The van der Waals surface area contributed by atoms with Crippen LogP contribution in [-0.4, -0.2) is 12.1 Å². The second-order valence-electron chi connectivity index (χ2n) is 3.68. The number of benzene rings is 2. The Morgan fingerprint density at radius 3 is 2.63 bits per heavy atom. The molecule has 0 N–H and O–H groups in total. The van der Waals surface area contributed by atoms with E-state index < -0.39 is 0 Å². The zero-order valence-electron chi connectivity index (χ0n) is 11.1. The minimum absolute atomic E-state index is 0.0923. The molecule has 1 aromatic carbocycles. The van der Waals surface area contributed by atoms with Crippen LogP contribution >= 0.6 is 0 Å². The van der Waals surface area contributed by atoms with Gasteiger partial charge in [0.05, 0.1) is 7.11 Å². The molecule has 0 unspecified atom stereocenters. The van der Waals surface area contributed by atoms with E-state index in [1.165, 1.54) is 12.1 Å². The maximum atomic E-state index is 11.2. The third-order valence-electron chi connectivity index (χ3n) is 2.56. The summed E-state index contributed by atoms with van der Waals surface area (Å²) in [6.07, 6.45) is 0. The fourth-order valence-corrected chi connectivity index (χ4v) is 1.71. The third kappa shape index (κ3) is 2.57. The predicted octanol–water partition coefficient (Wildman–Crippen LogP) is 3.33. The van der Waals surface area contributed by atoms with Gasteiger partial charge in [0.15, 0.2) is 16.8 Å². The summed E-state index contributed by atoms with van der Waals surface area (Å²) < 4.78 is 10.7. The van der Waals surface area contributed by atoms with Crippen LogP contribution in [0.1, 0.15) is 13.8 Å². The first-order chi connectivity index (χ1) is 9.26. The largest absolute Gasteiger partial charge is 0.497 e. The lowest BCUT2D eigenvalue weighted by molar-refractivity contribution is 0.414. The molecular formula is C15H15NO3. The topological polar surface area (TPSA) is 52.3 Å². The highest BCUT2D eigenvalue weighted by Gasteiger charge is 2.09. The molecule has 4 heteroatoms. The van der Waals surface area contributed by atoms with Crippen molar-refractivity contribution >= 4 is 11.1 Å². The first-order valence-electron chi connectivity index (χ1n) is 6.15. The quantitative estimate of drug-likeness (QED) is 0.627. The van der Waals surface area contributed by atoms with E-state index in [0.717, 1.165) is 5.52 Å². The molecule has 0 amide bonds. The number of ether oxygens (including phenoxy) is 1. The van der Waals surface area contributed by atoms with Gasteiger partial charge in [-0.05, 0) is 24.3 Å². The lowest BCUT2D eigenvalue weighted by Crippen LogP contribution is -1.99. The van der Waals surface area contributed by atoms with Crippen molar-refractivity contribution < 1.29 is 9.15 Å². The van der Waals surface area contributed by atoms with Gasteiger partial charge in [0, 0.05) is 12.1 Å². The molecule has 4 nitrogen and oxygen atoms in total. The average Bonchev–Trinajstić information content (AvgIpc) is 2.46. The van der Waals surface area contributed by atoms with E-state index in [4.69, 9.17) is 9.15 Å². The zero-order chi connectivity index (χ0) is 13.8. The van der Waals surface area contributed by atoms with Crippen LogP contribution in [0.4, 0.5) is 0 Å². The highest BCUT2D eigenvalue weighted by atomic mass is 16.5. The van der Waals surface area contributed by atoms with Crippen molar-refractivity contribution in [2.24, 2.45) is 0 Å². The number of aromatic nitrogens is 1. The van der Waals surface area contributed by atoms with E-state index in [2.05, 4.69) is 4.98 Å². The van der Waals surface area contributed by atoms with E-state index in [-0.39, 0.29) is 5.43 Å². The summed E-state index contributed by atoms with van der Waals surface area (Å²) in [4.78, 5) is 15.6. The number of methoxy groups -OCH3 is 1. The van der Waals surface area contributed by atoms with Crippen LogP contribution in [0.25, 0.3) is 22.6 Å². The Morgan fingerprint density at radius 2 is 1.89 bits per heavy atom. The monoisotopic (exact) mass is 257 g/mol. The molecule has 0 fully saturated rings. The molecule has 0 aromatic heterocycles. The molecule has 0 spiro atoms. The second-order valence-corrected chi connectivity index (χ2v) is 3.68. The Balaban J connectivity index is 0.000000637. The lowest BCUT2D eigenvalue weighted by Gasteiger charge is -2.06. The summed E-state index contributed by atoms with van der Waals surface area (Å²) in [6.45, 7) is 4.00. The Kier molecular flexibility index (Phi) is 3.80. The molecule has 0 radical (unpaired) electrons. The van der Waals surface area contributed by atoms with Gasteiger partial charge in [-0.3, -0.25) is 4.79 Å². The third-order valence-corrected chi connectivity index (χ3v) is 2.56. The predicted molar refractivity (Wildman–Crippen MR) is 74.8 cm³/mol. The SMILES string of the molecule is CC.COc1ccc2nc3ccc(=O)cc-3oc2c1. The van der Waals surface area contributed by atoms with Crippen LogP contribution in [0.2, 0.25) is 0 Å². The van der Waals surface area contributed by atoms with Crippen molar-refractivity contribution in [2.45, 2.75) is 13.8 Å². The summed E-state index contributed by atoms with van der Waals surface area (Å²) in [5, 5.41) is 0. The maximum Gasteiger partial charge on any atom is 0.182 e. The molecule has 19 heavy (non-hydrogen) atoms. The summed E-state index contributed by atoms with van der Waals surface area (Å²) in [5.74, 6) is 1.18. The average molecular weight is 257 g/mol. The number of hydrogen-bond donors (Lipinski definition) is 0. The Bertz CT molecular complexity index is 718. The van der Waals surface area contributed by atoms with Gasteiger partial charge in [-0.15, -0.1) is 0 Å². The molecular weight excluding hydrogens is 242 g/mol. The van der Waals surface area contributed by atoms with Crippen molar-refractivity contribution in [1.82, 2.24) is 4.98 Å². The van der Waals surface area contributed by atoms with Crippen LogP contribution in [0.5, 0.6) is 5.75 Å². The van der Waals surface area contributed by atoms with Gasteiger partial charge in [-0.25, -0.2) is 4.98 Å². The number of hydrogen-bond acceptors (Lipinski definition) is 4. The van der Waals surface area contributed by atoms with Crippen molar-refractivity contribution in [3.8, 4) is 17.2 Å². The molecule has 1 aromatic rings. The molecule has 0 bridgehead atoms. The Labute approximate surface area is 111 Å². The first-order valence-corrected chi connectivity index (χ1v) is 6.15. The van der Waals surface area contributed by atoms with Gasteiger partial charge in [-0.1, -0.05) is 13.8 Å². The van der Waals surface area contributed by atoms with Gasteiger partial charge >= 0.3 is 0 Å². The van der Waals surface area contributed by atoms with E-state index >= 15 is 0 Å². The molecule has 1 aliphatic heterocycles. The van der Waals surface area contributed by atoms with Crippen LogP contribution in [0.3, 0.4) is 0 Å². The van der Waals surface area contributed by atoms with Crippen LogP contribution in [0, 0.1) is 0 Å². The van der Waals surface area contributed by atoms with E-state index in [1.54, 1.807) is 19.2 Å². The van der Waals surface area contributed by atoms with Crippen molar-refractivity contribution in [2.75, 3.05) is 7.11 Å². The number of rotatable bonds is 1. The molecule has 2 aliphatic rings. The molecule has 98 valence electrons. The molecule has 0 saturated carbocycles. The lowest BCUT2D eigenvalue weighted by atomic mass is 10.2. The van der Waals surface area contributed by atoms with Crippen molar-refractivity contribution in [1.29, 1.82) is 0 Å². The molecule has 1 aliphatic carbocycles. The van der Waals surface area contributed by atoms with Gasteiger partial charge in [-0.2, -0.15) is 0 Å². The van der Waals surface area contributed by atoms with Gasteiger partial charge in [0.25, 0.3) is 0 Å².